The number of nitrogens with one attached hydrogen (secondary N) is 1. The molecule has 0 fully saturated rings. The van der Waals surface area contributed by atoms with Crippen LogP contribution in [0.25, 0.3) is 10.9 Å². The average molecular weight is 223 g/mol. The van der Waals surface area contributed by atoms with Gasteiger partial charge in [0, 0.05) is 24.0 Å². The zero-order valence-corrected chi connectivity index (χ0v) is 9.38. The molecule has 0 saturated carbocycles. The van der Waals surface area contributed by atoms with Gasteiger partial charge in [0.15, 0.2) is 0 Å². The monoisotopic (exact) mass is 223 g/mol. The number of pyridine rings is 1. The summed E-state index contributed by atoms with van der Waals surface area (Å²) in [5.41, 5.74) is 5.62. The number of para-hydroxylation sites is 1. The largest absolute Gasteiger partial charge is 0.322 e. The van der Waals surface area contributed by atoms with Gasteiger partial charge in [-0.25, -0.2) is 0 Å². The highest BCUT2D eigenvalue weighted by Gasteiger charge is 2.00. The Kier molecular flexibility index (Phi) is 2.50. The minimum atomic E-state index is 0.789. The maximum Gasteiger partial charge on any atom is 0.0705 e. The van der Waals surface area contributed by atoms with E-state index >= 15 is 0 Å². The van der Waals surface area contributed by atoms with Gasteiger partial charge in [-0.2, -0.15) is 0 Å². The van der Waals surface area contributed by atoms with E-state index in [1.807, 2.05) is 53.6 Å². The average Bonchev–Trinajstić information content (AvgIpc) is 2.89. The minimum absolute atomic E-state index is 0.789. The molecule has 2 heterocycles. The first kappa shape index (κ1) is 9.90. The van der Waals surface area contributed by atoms with Crippen LogP contribution in [0.2, 0.25) is 0 Å². The van der Waals surface area contributed by atoms with E-state index in [4.69, 9.17) is 0 Å². The molecule has 0 radical (unpaired) electrons. The summed E-state index contributed by atoms with van der Waals surface area (Å²) in [5, 5.41) is 1.20. The first-order valence-corrected chi connectivity index (χ1v) is 5.63. The SMILES string of the molecule is c1ccc2c(CNn3cccc3)ccnc2c1. The summed E-state index contributed by atoms with van der Waals surface area (Å²) in [5.74, 6) is 0. The van der Waals surface area contributed by atoms with Crippen molar-refractivity contribution in [2.45, 2.75) is 6.54 Å². The van der Waals surface area contributed by atoms with Crippen LogP contribution in [0.15, 0.2) is 61.1 Å². The van der Waals surface area contributed by atoms with E-state index in [2.05, 4.69) is 22.5 Å². The molecular formula is C14H13N3. The van der Waals surface area contributed by atoms with Crippen molar-refractivity contribution >= 4 is 10.9 Å². The summed E-state index contributed by atoms with van der Waals surface area (Å²) in [6.07, 6.45) is 5.84. The molecular weight excluding hydrogens is 210 g/mol. The molecule has 17 heavy (non-hydrogen) atoms. The van der Waals surface area contributed by atoms with Crippen LogP contribution >= 0.6 is 0 Å². The third-order valence-corrected chi connectivity index (χ3v) is 2.80. The molecule has 3 heteroatoms. The second kappa shape index (κ2) is 4.29. The number of hydrogen-bond acceptors (Lipinski definition) is 2. The predicted molar refractivity (Wildman–Crippen MR) is 69.2 cm³/mol. The lowest BCUT2D eigenvalue weighted by Gasteiger charge is -2.09. The molecule has 0 bridgehead atoms. The first-order valence-electron chi connectivity index (χ1n) is 5.63. The molecule has 0 spiro atoms. The van der Waals surface area contributed by atoms with Gasteiger partial charge in [-0.1, -0.05) is 18.2 Å². The number of rotatable bonds is 3. The zero-order valence-electron chi connectivity index (χ0n) is 9.38. The predicted octanol–water partition coefficient (Wildman–Crippen LogP) is 2.78. The van der Waals surface area contributed by atoms with Gasteiger partial charge < -0.3 is 5.43 Å². The molecule has 3 rings (SSSR count). The molecule has 1 aromatic carbocycles. The highest BCUT2D eigenvalue weighted by molar-refractivity contribution is 5.81. The van der Waals surface area contributed by atoms with Crippen molar-refractivity contribution in [1.29, 1.82) is 0 Å². The van der Waals surface area contributed by atoms with Crippen LogP contribution in [0.3, 0.4) is 0 Å². The molecule has 0 aliphatic heterocycles. The number of hydrogen-bond donors (Lipinski definition) is 1. The van der Waals surface area contributed by atoms with Gasteiger partial charge in [0.25, 0.3) is 0 Å². The first-order chi connectivity index (χ1) is 8.43. The molecule has 2 aromatic heterocycles. The maximum absolute atomic E-state index is 4.35. The fourth-order valence-electron chi connectivity index (χ4n) is 1.93. The van der Waals surface area contributed by atoms with Crippen molar-refractivity contribution in [2.75, 3.05) is 5.43 Å². The lowest BCUT2D eigenvalue weighted by atomic mass is 10.1. The van der Waals surface area contributed by atoms with E-state index in [1.54, 1.807) is 0 Å². The molecule has 0 aliphatic rings. The highest BCUT2D eigenvalue weighted by Crippen LogP contribution is 2.15. The van der Waals surface area contributed by atoms with Crippen molar-refractivity contribution in [3.8, 4) is 0 Å². The van der Waals surface area contributed by atoms with Crippen molar-refractivity contribution in [3.63, 3.8) is 0 Å². The summed E-state index contributed by atoms with van der Waals surface area (Å²) >= 11 is 0. The molecule has 0 unspecified atom stereocenters. The van der Waals surface area contributed by atoms with Gasteiger partial charge >= 0.3 is 0 Å². The molecule has 0 saturated heterocycles. The van der Waals surface area contributed by atoms with Crippen molar-refractivity contribution in [3.05, 3.63) is 66.6 Å². The topological polar surface area (TPSA) is 29.9 Å². The van der Waals surface area contributed by atoms with Crippen LogP contribution in [0.4, 0.5) is 0 Å². The molecule has 1 N–H and O–H groups in total. The van der Waals surface area contributed by atoms with Gasteiger partial charge in [0.1, 0.15) is 0 Å². The smallest absolute Gasteiger partial charge is 0.0705 e. The van der Waals surface area contributed by atoms with Crippen LogP contribution in [0, 0.1) is 0 Å². The van der Waals surface area contributed by atoms with Crippen LogP contribution in [0.5, 0.6) is 0 Å². The van der Waals surface area contributed by atoms with Crippen molar-refractivity contribution in [1.82, 2.24) is 9.66 Å². The quantitative estimate of drug-likeness (QED) is 0.740. The van der Waals surface area contributed by atoms with Gasteiger partial charge in [0.2, 0.25) is 0 Å². The van der Waals surface area contributed by atoms with Gasteiger partial charge in [-0.15, -0.1) is 0 Å². The Hall–Kier alpha value is -2.29. The van der Waals surface area contributed by atoms with Crippen molar-refractivity contribution < 1.29 is 0 Å². The van der Waals surface area contributed by atoms with E-state index in [9.17, 15) is 0 Å². The van der Waals surface area contributed by atoms with E-state index in [1.165, 1.54) is 10.9 Å². The fourth-order valence-corrected chi connectivity index (χ4v) is 1.93. The van der Waals surface area contributed by atoms with Crippen molar-refractivity contribution in [2.24, 2.45) is 0 Å². The second-order valence-corrected chi connectivity index (χ2v) is 3.91. The van der Waals surface area contributed by atoms with Crippen LogP contribution in [0.1, 0.15) is 5.56 Å². The Bertz CT molecular complexity index is 609. The Labute approximate surface area is 99.7 Å². The fraction of sp³-hybridized carbons (Fsp3) is 0.0714. The summed E-state index contributed by atoms with van der Waals surface area (Å²) in [6, 6.07) is 14.2. The Morgan fingerprint density at radius 3 is 2.71 bits per heavy atom. The lowest BCUT2D eigenvalue weighted by Crippen LogP contribution is -2.12. The number of nitrogens with zero attached hydrogens (tertiary/aromatic N) is 2. The minimum Gasteiger partial charge on any atom is -0.322 e. The summed E-state index contributed by atoms with van der Waals surface area (Å²) in [7, 11) is 0. The number of benzene rings is 1. The van der Waals surface area contributed by atoms with Crippen LogP contribution in [-0.4, -0.2) is 9.66 Å². The Morgan fingerprint density at radius 2 is 1.82 bits per heavy atom. The zero-order chi connectivity index (χ0) is 11.5. The third kappa shape index (κ3) is 1.99. The summed E-state index contributed by atoms with van der Waals surface area (Å²) in [4.78, 5) is 4.35. The standard InChI is InChI=1S/C14H13N3/c1-2-6-14-13(5-1)12(7-8-15-14)11-16-17-9-3-4-10-17/h1-10,16H,11H2. The molecule has 3 aromatic rings. The van der Waals surface area contributed by atoms with E-state index < -0.39 is 0 Å². The lowest BCUT2D eigenvalue weighted by molar-refractivity contribution is 0.850. The molecule has 0 aliphatic carbocycles. The normalized spacial score (nSPS) is 10.6. The van der Waals surface area contributed by atoms with Gasteiger partial charge in [-0.3, -0.25) is 9.66 Å². The molecule has 84 valence electrons. The summed E-state index contributed by atoms with van der Waals surface area (Å²) in [6.45, 7) is 0.789. The second-order valence-electron chi connectivity index (χ2n) is 3.91. The van der Waals surface area contributed by atoms with Crippen LogP contribution in [-0.2, 0) is 6.54 Å². The highest BCUT2D eigenvalue weighted by atomic mass is 15.4. The van der Waals surface area contributed by atoms with Gasteiger partial charge in [-0.05, 0) is 29.8 Å². The molecule has 0 amide bonds. The number of fused-ring (bicyclic) bond motifs is 1. The van der Waals surface area contributed by atoms with Gasteiger partial charge in [0.05, 0.1) is 12.1 Å². The molecule has 0 atom stereocenters. The molecule has 3 nitrogen and oxygen atoms in total. The van der Waals surface area contributed by atoms with E-state index in [-0.39, 0.29) is 0 Å². The van der Waals surface area contributed by atoms with E-state index in [0.29, 0.717) is 0 Å². The maximum atomic E-state index is 4.35. The number of aromatic nitrogens is 2. The third-order valence-electron chi connectivity index (χ3n) is 2.80. The van der Waals surface area contributed by atoms with Crippen LogP contribution < -0.4 is 5.43 Å². The van der Waals surface area contributed by atoms with E-state index in [0.717, 1.165) is 12.1 Å². The Morgan fingerprint density at radius 1 is 1.00 bits per heavy atom. The Balaban J connectivity index is 1.90. The summed E-state index contributed by atoms with van der Waals surface area (Å²) < 4.78 is 1.95.